The smallest absolute Gasteiger partial charge is 0.257 e. The van der Waals surface area contributed by atoms with Crippen molar-refractivity contribution < 1.29 is 4.79 Å². The Morgan fingerprint density at radius 2 is 1.90 bits per heavy atom. The second-order valence-electron chi connectivity index (χ2n) is 4.49. The molecule has 108 valence electrons. The Morgan fingerprint density at radius 3 is 2.52 bits per heavy atom. The number of aryl methyl sites for hydroxylation is 1. The molecule has 0 heterocycles. The van der Waals surface area contributed by atoms with Gasteiger partial charge < -0.3 is 11.1 Å². The van der Waals surface area contributed by atoms with Crippen LogP contribution in [0.25, 0.3) is 0 Å². The quantitative estimate of drug-likeness (QED) is 0.777. The van der Waals surface area contributed by atoms with Crippen LogP contribution in [0.15, 0.2) is 40.9 Å². The topological polar surface area (TPSA) is 55.1 Å². The molecule has 2 aromatic rings. The molecule has 1 amide bonds. The fourth-order valence-electron chi connectivity index (χ4n) is 1.83. The van der Waals surface area contributed by atoms with E-state index in [9.17, 15) is 4.79 Å². The molecule has 0 spiro atoms. The van der Waals surface area contributed by atoms with E-state index in [4.69, 9.17) is 29.6 Å². The molecule has 3 nitrogen and oxygen atoms in total. The monoisotopic (exact) mass is 382 g/mol. The Bertz CT molecular complexity index is 734. The van der Waals surface area contributed by atoms with Crippen molar-refractivity contribution in [3.63, 3.8) is 0 Å². The summed E-state index contributed by atoms with van der Waals surface area (Å²) in [6.07, 6.45) is 0. The Kier molecular flexibility index (Phi) is 4.98. The molecule has 0 saturated carbocycles. The minimum atomic E-state index is -0.310. The van der Waals surface area contributed by atoms with Gasteiger partial charge in [-0.05, 0) is 42.8 Å². The normalized spacial score (nSPS) is 10.2. The van der Waals surface area contributed by atoms with Crippen LogP contribution in [0.4, 0.5) is 5.69 Å². The molecule has 0 aliphatic rings. The molecule has 0 atom stereocenters. The second kappa shape index (κ2) is 6.56. The van der Waals surface area contributed by atoms with E-state index in [-0.39, 0.29) is 10.9 Å². The predicted octanol–water partition coefficient (Wildman–Crippen LogP) is 4.30. The third-order valence-electron chi connectivity index (χ3n) is 2.86. The molecular weight excluding hydrogens is 372 g/mol. The second-order valence-corrected chi connectivity index (χ2v) is 6.25. The number of carbonyl (C=O) groups excluding carboxylic acids is 1. The lowest BCUT2D eigenvalue weighted by molar-refractivity contribution is 0.102. The summed E-state index contributed by atoms with van der Waals surface area (Å²) in [6.45, 7) is 1.91. The highest BCUT2D eigenvalue weighted by atomic mass is 79.9. The summed E-state index contributed by atoms with van der Waals surface area (Å²) < 4.78 is 0.813. The van der Waals surface area contributed by atoms with Crippen LogP contribution in [-0.4, -0.2) is 10.9 Å². The maximum Gasteiger partial charge on any atom is 0.257 e. The van der Waals surface area contributed by atoms with Crippen LogP contribution in [0.3, 0.4) is 0 Å². The number of halogens is 2. The van der Waals surface area contributed by atoms with Gasteiger partial charge in [0.2, 0.25) is 0 Å². The fraction of sp³-hybridized carbons (Fsp3) is 0.0667. The van der Waals surface area contributed by atoms with Crippen LogP contribution < -0.4 is 11.1 Å². The number of carbonyl (C=O) groups is 1. The molecule has 0 saturated heterocycles. The molecule has 0 radical (unpaired) electrons. The number of benzene rings is 2. The van der Waals surface area contributed by atoms with Crippen molar-refractivity contribution in [2.45, 2.75) is 6.92 Å². The van der Waals surface area contributed by atoms with Crippen LogP contribution in [0.5, 0.6) is 0 Å². The van der Waals surface area contributed by atoms with Gasteiger partial charge in [-0.3, -0.25) is 4.79 Å². The average Bonchev–Trinajstić information content (AvgIpc) is 2.37. The van der Waals surface area contributed by atoms with Crippen LogP contribution in [-0.2, 0) is 0 Å². The molecule has 0 aliphatic heterocycles. The number of rotatable bonds is 3. The molecule has 3 N–H and O–H groups in total. The van der Waals surface area contributed by atoms with Crippen molar-refractivity contribution in [3.05, 3.63) is 62.6 Å². The third kappa shape index (κ3) is 3.81. The molecule has 21 heavy (non-hydrogen) atoms. The first-order chi connectivity index (χ1) is 9.88. The maximum absolute atomic E-state index is 12.3. The number of hydrogen-bond acceptors (Lipinski definition) is 2. The molecule has 0 aliphatic carbocycles. The first-order valence-corrected chi connectivity index (χ1v) is 7.63. The average molecular weight is 384 g/mol. The van der Waals surface area contributed by atoms with Gasteiger partial charge in [0.1, 0.15) is 4.99 Å². The van der Waals surface area contributed by atoms with E-state index in [0.29, 0.717) is 21.8 Å². The largest absolute Gasteiger partial charge is 0.389 e. The van der Waals surface area contributed by atoms with E-state index in [2.05, 4.69) is 21.2 Å². The molecular formula is C15H12BrClN2OS. The molecule has 0 aromatic heterocycles. The molecule has 0 bridgehead atoms. The van der Waals surface area contributed by atoms with Gasteiger partial charge >= 0.3 is 0 Å². The zero-order valence-electron chi connectivity index (χ0n) is 11.1. The third-order valence-corrected chi connectivity index (χ3v) is 3.89. The summed E-state index contributed by atoms with van der Waals surface area (Å²) in [5, 5.41) is 3.19. The highest BCUT2D eigenvalue weighted by Crippen LogP contribution is 2.24. The zero-order chi connectivity index (χ0) is 15.6. The van der Waals surface area contributed by atoms with E-state index in [0.717, 1.165) is 10.0 Å². The van der Waals surface area contributed by atoms with E-state index in [1.54, 1.807) is 24.3 Å². The predicted molar refractivity (Wildman–Crippen MR) is 94.2 cm³/mol. The Morgan fingerprint density at radius 1 is 1.24 bits per heavy atom. The van der Waals surface area contributed by atoms with Crippen LogP contribution in [0, 0.1) is 6.92 Å². The highest BCUT2D eigenvalue weighted by molar-refractivity contribution is 9.10. The minimum Gasteiger partial charge on any atom is -0.389 e. The van der Waals surface area contributed by atoms with Gasteiger partial charge in [0.25, 0.3) is 5.91 Å². The van der Waals surface area contributed by atoms with Gasteiger partial charge in [0, 0.05) is 10.0 Å². The standard InChI is InChI=1S/C15H12BrClN2OS/c1-8-2-4-10(12(17)6-8)15(20)19-13-7-9(16)3-5-11(13)14(18)21/h2-7H,1H3,(H2,18,21)(H,19,20). The van der Waals surface area contributed by atoms with E-state index < -0.39 is 0 Å². The molecule has 6 heteroatoms. The van der Waals surface area contributed by atoms with Gasteiger partial charge in [0.05, 0.1) is 16.3 Å². The number of thiocarbonyl (C=S) groups is 1. The van der Waals surface area contributed by atoms with Gasteiger partial charge in [-0.25, -0.2) is 0 Å². The van der Waals surface area contributed by atoms with Gasteiger partial charge in [-0.15, -0.1) is 0 Å². The van der Waals surface area contributed by atoms with Crippen LogP contribution in [0.1, 0.15) is 21.5 Å². The zero-order valence-corrected chi connectivity index (χ0v) is 14.3. The van der Waals surface area contributed by atoms with Gasteiger partial charge in [-0.1, -0.05) is 45.8 Å². The van der Waals surface area contributed by atoms with E-state index >= 15 is 0 Å². The molecule has 2 aromatic carbocycles. The molecule has 0 unspecified atom stereocenters. The van der Waals surface area contributed by atoms with Crippen molar-refractivity contribution in [2.75, 3.05) is 5.32 Å². The van der Waals surface area contributed by atoms with Crippen molar-refractivity contribution >= 4 is 56.3 Å². The number of nitrogens with one attached hydrogen (secondary N) is 1. The summed E-state index contributed by atoms with van der Waals surface area (Å²) in [6, 6.07) is 10.6. The Labute approximate surface area is 141 Å². The van der Waals surface area contributed by atoms with Gasteiger partial charge in [-0.2, -0.15) is 0 Å². The first-order valence-electron chi connectivity index (χ1n) is 6.05. The molecule has 2 rings (SSSR count). The minimum absolute atomic E-state index is 0.216. The maximum atomic E-state index is 12.3. The van der Waals surface area contributed by atoms with E-state index in [1.165, 1.54) is 0 Å². The summed E-state index contributed by atoms with van der Waals surface area (Å²) in [5.41, 5.74) is 8.20. The SMILES string of the molecule is Cc1ccc(C(=O)Nc2cc(Br)ccc2C(N)=S)c(Cl)c1. The first kappa shape index (κ1) is 15.9. The summed E-state index contributed by atoms with van der Waals surface area (Å²) >= 11 is 14.4. The number of hydrogen-bond donors (Lipinski definition) is 2. The summed E-state index contributed by atoms with van der Waals surface area (Å²) in [7, 11) is 0. The van der Waals surface area contributed by atoms with Gasteiger partial charge in [0.15, 0.2) is 0 Å². The van der Waals surface area contributed by atoms with E-state index in [1.807, 2.05) is 19.1 Å². The molecule has 0 fully saturated rings. The fourth-order valence-corrected chi connectivity index (χ4v) is 2.69. The van der Waals surface area contributed by atoms with Crippen molar-refractivity contribution in [1.82, 2.24) is 0 Å². The highest BCUT2D eigenvalue weighted by Gasteiger charge is 2.14. The van der Waals surface area contributed by atoms with Crippen LogP contribution >= 0.6 is 39.7 Å². The number of nitrogens with two attached hydrogens (primary N) is 1. The summed E-state index contributed by atoms with van der Waals surface area (Å²) in [4.78, 5) is 12.6. The van der Waals surface area contributed by atoms with Crippen molar-refractivity contribution in [2.24, 2.45) is 5.73 Å². The number of amides is 1. The lowest BCUT2D eigenvalue weighted by atomic mass is 10.1. The Hall–Kier alpha value is -1.43. The van der Waals surface area contributed by atoms with Crippen molar-refractivity contribution in [1.29, 1.82) is 0 Å². The summed E-state index contributed by atoms with van der Waals surface area (Å²) in [5.74, 6) is -0.310. The number of anilines is 1. The lowest BCUT2D eigenvalue weighted by Crippen LogP contribution is -2.18. The van der Waals surface area contributed by atoms with Crippen LogP contribution in [0.2, 0.25) is 5.02 Å². The Balaban J connectivity index is 2.35. The lowest BCUT2D eigenvalue weighted by Gasteiger charge is -2.12. The van der Waals surface area contributed by atoms with Crippen molar-refractivity contribution in [3.8, 4) is 0 Å².